The maximum Gasteiger partial charge on any atom is 0.0640 e. The molecule has 12 rings (SSSR count). The van der Waals surface area contributed by atoms with Crippen LogP contribution >= 0.6 is 34.0 Å². The maximum atomic E-state index is 2.46. The minimum atomic E-state index is 1.13. The van der Waals surface area contributed by atoms with Gasteiger partial charge >= 0.3 is 0 Å². The van der Waals surface area contributed by atoms with E-state index in [1.54, 1.807) is 0 Å². The highest BCUT2D eigenvalue weighted by Crippen LogP contribution is 2.49. The van der Waals surface area contributed by atoms with Crippen molar-refractivity contribution in [2.24, 2.45) is 0 Å². The summed E-state index contributed by atoms with van der Waals surface area (Å²) in [6.07, 6.45) is 0. The van der Waals surface area contributed by atoms with Crippen LogP contribution in [-0.4, -0.2) is 0 Å². The van der Waals surface area contributed by atoms with Gasteiger partial charge in [-0.1, -0.05) is 140 Å². The van der Waals surface area contributed by atoms with E-state index >= 15 is 0 Å². The van der Waals surface area contributed by atoms with Crippen molar-refractivity contribution in [1.29, 1.82) is 0 Å². The fourth-order valence-electron chi connectivity index (χ4n) is 8.71. The van der Waals surface area contributed by atoms with Crippen molar-refractivity contribution in [3.05, 3.63) is 188 Å². The Labute approximate surface area is 335 Å². The Morgan fingerprint density at radius 3 is 1.84 bits per heavy atom. The molecule has 56 heavy (non-hydrogen) atoms. The smallest absolute Gasteiger partial charge is 0.0640 e. The fourth-order valence-corrected chi connectivity index (χ4v) is 12.5. The first kappa shape index (κ1) is 32.0. The van der Waals surface area contributed by atoms with Gasteiger partial charge in [0.1, 0.15) is 0 Å². The van der Waals surface area contributed by atoms with Gasteiger partial charge in [-0.3, -0.25) is 0 Å². The molecule has 0 unspecified atom stereocenters. The summed E-state index contributed by atoms with van der Waals surface area (Å²) in [7, 11) is 0. The Bertz CT molecular complexity index is 3490. The SMILES string of the molecule is c1cc(-c2cccc3c2sc2c3ccc3sc4ccccc4c32)cc(N(c2ccc(-c3cccc4ccccc34)cc2)c2cccc3c2sc2ccccc23)c1. The summed E-state index contributed by atoms with van der Waals surface area (Å²) in [4.78, 5) is 2.46. The quantitative estimate of drug-likeness (QED) is 0.169. The van der Waals surface area contributed by atoms with Crippen LogP contribution < -0.4 is 4.90 Å². The zero-order chi connectivity index (χ0) is 36.7. The minimum Gasteiger partial charge on any atom is -0.309 e. The topological polar surface area (TPSA) is 3.24 Å². The van der Waals surface area contributed by atoms with Crippen molar-refractivity contribution in [1.82, 2.24) is 0 Å². The highest BCUT2D eigenvalue weighted by molar-refractivity contribution is 7.30. The first-order chi connectivity index (χ1) is 27.8. The normalized spacial score (nSPS) is 11.9. The van der Waals surface area contributed by atoms with Crippen LogP contribution in [0.25, 0.3) is 93.5 Å². The zero-order valence-electron chi connectivity index (χ0n) is 30.1. The van der Waals surface area contributed by atoms with E-state index in [0.29, 0.717) is 0 Å². The first-order valence-corrected chi connectivity index (χ1v) is 21.4. The van der Waals surface area contributed by atoms with Crippen LogP contribution in [0.5, 0.6) is 0 Å². The highest BCUT2D eigenvalue weighted by atomic mass is 32.1. The molecule has 0 aliphatic carbocycles. The summed E-state index contributed by atoms with van der Waals surface area (Å²) in [5.74, 6) is 0. The lowest BCUT2D eigenvalue weighted by Gasteiger charge is -2.27. The van der Waals surface area contributed by atoms with Gasteiger partial charge in [-0.25, -0.2) is 0 Å². The van der Waals surface area contributed by atoms with Crippen molar-refractivity contribution >= 4 is 122 Å². The molecule has 0 bridgehead atoms. The molecule has 1 nitrogen and oxygen atoms in total. The molecule has 9 aromatic carbocycles. The second-order valence-electron chi connectivity index (χ2n) is 14.4. The van der Waals surface area contributed by atoms with Crippen molar-refractivity contribution in [2.45, 2.75) is 0 Å². The van der Waals surface area contributed by atoms with Crippen molar-refractivity contribution in [3.8, 4) is 22.3 Å². The van der Waals surface area contributed by atoms with Gasteiger partial charge in [0.25, 0.3) is 0 Å². The van der Waals surface area contributed by atoms with Crippen LogP contribution in [0.1, 0.15) is 0 Å². The Kier molecular flexibility index (Phi) is 7.21. The molecule has 3 heterocycles. The number of nitrogens with zero attached hydrogens (tertiary/aromatic N) is 1. The molecular formula is C52H31NS3. The predicted molar refractivity (Wildman–Crippen MR) is 248 cm³/mol. The second-order valence-corrected chi connectivity index (χ2v) is 17.6. The summed E-state index contributed by atoms with van der Waals surface area (Å²) in [5.41, 5.74) is 8.39. The Morgan fingerprint density at radius 2 is 0.964 bits per heavy atom. The number of hydrogen-bond acceptors (Lipinski definition) is 4. The summed E-state index contributed by atoms with van der Waals surface area (Å²) >= 11 is 5.71. The van der Waals surface area contributed by atoms with E-state index in [0.717, 1.165) is 11.4 Å². The molecule has 262 valence electrons. The van der Waals surface area contributed by atoms with E-state index in [4.69, 9.17) is 0 Å². The Morgan fingerprint density at radius 1 is 0.321 bits per heavy atom. The van der Waals surface area contributed by atoms with Crippen LogP contribution in [0.2, 0.25) is 0 Å². The van der Waals surface area contributed by atoms with Gasteiger partial charge in [-0.2, -0.15) is 0 Å². The number of hydrogen-bond donors (Lipinski definition) is 0. The fraction of sp³-hybridized carbons (Fsp3) is 0. The average molecular weight is 766 g/mol. The monoisotopic (exact) mass is 765 g/mol. The molecule has 0 amide bonds. The molecule has 0 aliphatic heterocycles. The molecule has 0 fully saturated rings. The summed E-state index contributed by atoms with van der Waals surface area (Å²) in [5, 5.41) is 10.5. The molecule has 3 aromatic heterocycles. The number of rotatable bonds is 5. The molecule has 4 heteroatoms. The summed E-state index contributed by atoms with van der Waals surface area (Å²) in [6.45, 7) is 0. The second kappa shape index (κ2) is 12.6. The van der Waals surface area contributed by atoms with E-state index in [9.17, 15) is 0 Å². The summed E-state index contributed by atoms with van der Waals surface area (Å²) in [6, 6.07) is 69.4. The minimum absolute atomic E-state index is 1.13. The van der Waals surface area contributed by atoms with Gasteiger partial charge < -0.3 is 4.90 Å². The van der Waals surface area contributed by atoms with Crippen LogP contribution in [0, 0.1) is 0 Å². The molecule has 0 radical (unpaired) electrons. The first-order valence-electron chi connectivity index (χ1n) is 18.9. The van der Waals surface area contributed by atoms with E-state index in [1.165, 1.54) is 99.2 Å². The molecular weight excluding hydrogens is 735 g/mol. The van der Waals surface area contributed by atoms with Crippen LogP contribution in [-0.2, 0) is 0 Å². The number of benzene rings is 9. The molecule has 0 atom stereocenters. The van der Waals surface area contributed by atoms with Crippen LogP contribution in [0.3, 0.4) is 0 Å². The van der Waals surface area contributed by atoms with Crippen LogP contribution in [0.4, 0.5) is 17.1 Å². The van der Waals surface area contributed by atoms with E-state index in [2.05, 4.69) is 193 Å². The van der Waals surface area contributed by atoms with E-state index < -0.39 is 0 Å². The van der Waals surface area contributed by atoms with E-state index in [-0.39, 0.29) is 0 Å². The molecule has 0 aliphatic rings. The maximum absolute atomic E-state index is 2.46. The van der Waals surface area contributed by atoms with Gasteiger partial charge in [0, 0.05) is 67.2 Å². The van der Waals surface area contributed by atoms with Crippen molar-refractivity contribution in [2.75, 3.05) is 4.90 Å². The molecule has 0 spiro atoms. The number of thiophene rings is 3. The average Bonchev–Trinajstić information content (AvgIpc) is 3.96. The van der Waals surface area contributed by atoms with Gasteiger partial charge in [-0.05, 0) is 81.6 Å². The van der Waals surface area contributed by atoms with E-state index in [1.807, 2.05) is 34.0 Å². The number of fused-ring (bicyclic) bond motifs is 11. The molecule has 0 saturated heterocycles. The molecule has 0 N–H and O–H groups in total. The number of anilines is 3. The van der Waals surface area contributed by atoms with Gasteiger partial charge in [0.15, 0.2) is 0 Å². The zero-order valence-corrected chi connectivity index (χ0v) is 32.5. The lowest BCUT2D eigenvalue weighted by atomic mass is 9.98. The van der Waals surface area contributed by atoms with Crippen molar-refractivity contribution in [3.63, 3.8) is 0 Å². The standard InChI is InChI=1S/C52H31NS3/c1-2-15-37-32(11-1)12-8-18-38(37)33-25-27-35(28-26-33)53(45-22-10-21-41-40-16-3-5-23-46(40)55-51(41)45)36-14-7-13-34(31-36)39-19-9-20-42-43-29-30-48-49(52(43)56-50(39)42)44-17-4-6-24-47(44)54-48/h1-31H. The van der Waals surface area contributed by atoms with Gasteiger partial charge in [0.05, 0.1) is 10.4 Å². The third-order valence-corrected chi connectivity index (χ3v) is 14.9. The van der Waals surface area contributed by atoms with Crippen LogP contribution in [0.15, 0.2) is 188 Å². The largest absolute Gasteiger partial charge is 0.309 e. The molecule has 0 saturated carbocycles. The Hall–Kier alpha value is -6.30. The van der Waals surface area contributed by atoms with Gasteiger partial charge in [0.2, 0.25) is 0 Å². The molecule has 12 aromatic rings. The lowest BCUT2D eigenvalue weighted by Crippen LogP contribution is -2.10. The van der Waals surface area contributed by atoms with Gasteiger partial charge in [-0.15, -0.1) is 34.0 Å². The Balaban J connectivity index is 1.05. The third-order valence-electron chi connectivity index (χ3n) is 11.3. The van der Waals surface area contributed by atoms with Crippen molar-refractivity contribution < 1.29 is 0 Å². The predicted octanol–water partition coefficient (Wildman–Crippen LogP) is 16.7. The highest BCUT2D eigenvalue weighted by Gasteiger charge is 2.20. The lowest BCUT2D eigenvalue weighted by molar-refractivity contribution is 1.30. The summed E-state index contributed by atoms with van der Waals surface area (Å²) < 4.78 is 8.00. The third kappa shape index (κ3) is 4.90.